The molecular weight excluding hydrogens is 306 g/mol. The molecule has 25 heavy (non-hydrogen) atoms. The molecule has 0 amide bonds. The van der Waals surface area contributed by atoms with Crippen molar-refractivity contribution >= 4 is 0 Å². The molecule has 2 aliphatic rings. The van der Waals surface area contributed by atoms with Gasteiger partial charge in [-0.15, -0.1) is 0 Å². The van der Waals surface area contributed by atoms with E-state index >= 15 is 0 Å². The van der Waals surface area contributed by atoms with Gasteiger partial charge in [-0.05, 0) is 50.7 Å². The van der Waals surface area contributed by atoms with Gasteiger partial charge in [0.2, 0.25) is 0 Å². The van der Waals surface area contributed by atoms with Gasteiger partial charge in [0, 0.05) is 18.1 Å². The van der Waals surface area contributed by atoms with Gasteiger partial charge in [0.1, 0.15) is 6.10 Å². The fourth-order valence-electron chi connectivity index (χ4n) is 4.92. The van der Waals surface area contributed by atoms with Gasteiger partial charge < -0.3 is 4.74 Å². The van der Waals surface area contributed by atoms with Crippen LogP contribution >= 0.6 is 0 Å². The molecule has 2 heterocycles. The third-order valence-electron chi connectivity index (χ3n) is 5.88. The van der Waals surface area contributed by atoms with Crippen LogP contribution in [0.25, 0.3) is 0 Å². The first-order valence-corrected chi connectivity index (χ1v) is 9.75. The van der Waals surface area contributed by atoms with E-state index in [-0.39, 0.29) is 6.10 Å². The molecule has 2 heteroatoms. The molecule has 0 N–H and O–H groups in total. The third-order valence-corrected chi connectivity index (χ3v) is 5.88. The fraction of sp³-hybridized carbons (Fsp3) is 0.478. The minimum atomic E-state index is 0.0393. The summed E-state index contributed by atoms with van der Waals surface area (Å²) in [6.45, 7) is 4.67. The van der Waals surface area contributed by atoms with E-state index in [4.69, 9.17) is 4.74 Å². The zero-order valence-electron chi connectivity index (χ0n) is 15.3. The highest BCUT2D eigenvalue weighted by molar-refractivity contribution is 5.30. The van der Waals surface area contributed by atoms with Gasteiger partial charge in [0.25, 0.3) is 0 Å². The molecule has 2 unspecified atom stereocenters. The van der Waals surface area contributed by atoms with Crippen LogP contribution in [0.1, 0.15) is 56.8 Å². The molecule has 2 aromatic carbocycles. The van der Waals surface area contributed by atoms with Gasteiger partial charge in [0.05, 0.1) is 6.10 Å². The summed E-state index contributed by atoms with van der Waals surface area (Å²) in [5, 5.41) is 0. The van der Waals surface area contributed by atoms with E-state index < -0.39 is 0 Å². The Bertz CT molecular complexity index is 616. The second kappa shape index (κ2) is 7.31. The first-order valence-electron chi connectivity index (χ1n) is 9.75. The molecule has 0 aliphatic carbocycles. The van der Waals surface area contributed by atoms with E-state index in [0.717, 1.165) is 0 Å². The zero-order chi connectivity index (χ0) is 17.2. The Balaban J connectivity index is 1.54. The molecule has 2 nitrogen and oxygen atoms in total. The van der Waals surface area contributed by atoms with Crippen molar-refractivity contribution in [2.24, 2.45) is 0 Å². The molecule has 2 bridgehead atoms. The minimum absolute atomic E-state index is 0.0393. The summed E-state index contributed by atoms with van der Waals surface area (Å²) in [6.07, 6.45) is 5.42. The van der Waals surface area contributed by atoms with Crippen molar-refractivity contribution in [3.05, 3.63) is 71.8 Å². The molecule has 2 aliphatic heterocycles. The maximum absolute atomic E-state index is 6.75. The van der Waals surface area contributed by atoms with Gasteiger partial charge in [0.15, 0.2) is 0 Å². The predicted molar refractivity (Wildman–Crippen MR) is 103 cm³/mol. The summed E-state index contributed by atoms with van der Waals surface area (Å²) in [5.74, 6) is 0. The van der Waals surface area contributed by atoms with Gasteiger partial charge in [-0.3, -0.25) is 4.90 Å². The lowest BCUT2D eigenvalue weighted by Gasteiger charge is -2.42. The fourth-order valence-corrected chi connectivity index (χ4v) is 4.92. The van der Waals surface area contributed by atoms with Crippen LogP contribution in [0, 0.1) is 0 Å². The van der Waals surface area contributed by atoms with Crippen molar-refractivity contribution in [3.63, 3.8) is 0 Å². The van der Waals surface area contributed by atoms with Crippen LogP contribution in [0.15, 0.2) is 60.7 Å². The number of fused-ring (bicyclic) bond motifs is 2. The average molecular weight is 335 g/mol. The molecular formula is C23H29NO. The monoisotopic (exact) mass is 335 g/mol. The van der Waals surface area contributed by atoms with Crippen molar-refractivity contribution in [2.75, 3.05) is 0 Å². The highest BCUT2D eigenvalue weighted by Gasteiger charge is 2.42. The molecule has 2 fully saturated rings. The van der Waals surface area contributed by atoms with Crippen LogP contribution in [-0.2, 0) is 4.74 Å². The van der Waals surface area contributed by atoms with Crippen LogP contribution < -0.4 is 0 Å². The van der Waals surface area contributed by atoms with E-state index in [0.29, 0.717) is 24.2 Å². The molecule has 2 atom stereocenters. The van der Waals surface area contributed by atoms with Crippen molar-refractivity contribution in [1.29, 1.82) is 0 Å². The second-order valence-electron chi connectivity index (χ2n) is 7.86. The molecule has 2 saturated heterocycles. The summed E-state index contributed by atoms with van der Waals surface area (Å²) in [6, 6.07) is 23.4. The topological polar surface area (TPSA) is 12.5 Å². The Labute approximate surface area is 151 Å². The Morgan fingerprint density at radius 1 is 0.800 bits per heavy atom. The van der Waals surface area contributed by atoms with E-state index in [9.17, 15) is 0 Å². The Kier molecular flexibility index (Phi) is 4.91. The van der Waals surface area contributed by atoms with Crippen LogP contribution in [0.3, 0.4) is 0 Å². The van der Waals surface area contributed by atoms with Crippen molar-refractivity contribution < 1.29 is 4.74 Å². The number of nitrogens with zero attached hydrogens (tertiary/aromatic N) is 1. The molecule has 0 radical (unpaired) electrons. The van der Waals surface area contributed by atoms with E-state index in [1.807, 2.05) is 0 Å². The number of hydrogen-bond acceptors (Lipinski definition) is 2. The van der Waals surface area contributed by atoms with Crippen molar-refractivity contribution in [2.45, 2.75) is 69.9 Å². The quantitative estimate of drug-likeness (QED) is 0.745. The lowest BCUT2D eigenvalue weighted by Crippen LogP contribution is -2.48. The van der Waals surface area contributed by atoms with Crippen LogP contribution in [-0.4, -0.2) is 29.1 Å². The number of piperidine rings is 1. The number of benzene rings is 2. The smallest absolute Gasteiger partial charge is 0.108 e. The molecule has 0 aromatic heterocycles. The maximum Gasteiger partial charge on any atom is 0.108 e. The number of ether oxygens (including phenoxy) is 1. The molecule has 4 rings (SSSR count). The molecule has 0 saturated carbocycles. The highest BCUT2D eigenvalue weighted by atomic mass is 16.5. The van der Waals surface area contributed by atoms with Crippen molar-refractivity contribution in [1.82, 2.24) is 4.90 Å². The maximum atomic E-state index is 6.75. The molecule has 0 spiro atoms. The summed E-state index contributed by atoms with van der Waals surface area (Å²) in [7, 11) is 0. The van der Waals surface area contributed by atoms with Crippen LogP contribution in [0.4, 0.5) is 0 Å². The lowest BCUT2D eigenvalue weighted by atomic mass is 9.96. The first-order chi connectivity index (χ1) is 12.2. The SMILES string of the molecule is CC(C)N1C2CCC1CC(OC(c1ccccc1)c1ccccc1)C2. The lowest BCUT2D eigenvalue weighted by molar-refractivity contribution is -0.0548. The van der Waals surface area contributed by atoms with Gasteiger partial charge in [-0.25, -0.2) is 0 Å². The van der Waals surface area contributed by atoms with Crippen molar-refractivity contribution in [3.8, 4) is 0 Å². The number of hydrogen-bond donors (Lipinski definition) is 0. The molecule has 2 aromatic rings. The van der Waals surface area contributed by atoms with E-state index in [2.05, 4.69) is 79.4 Å². The van der Waals surface area contributed by atoms with Gasteiger partial charge in [-0.1, -0.05) is 60.7 Å². The largest absolute Gasteiger partial charge is 0.365 e. The minimum Gasteiger partial charge on any atom is -0.365 e. The summed E-state index contributed by atoms with van der Waals surface area (Å²) < 4.78 is 6.75. The van der Waals surface area contributed by atoms with Gasteiger partial charge in [-0.2, -0.15) is 0 Å². The first kappa shape index (κ1) is 16.8. The van der Waals surface area contributed by atoms with Crippen LogP contribution in [0.2, 0.25) is 0 Å². The Morgan fingerprint density at radius 2 is 1.28 bits per heavy atom. The Hall–Kier alpha value is -1.64. The highest BCUT2D eigenvalue weighted by Crippen LogP contribution is 2.40. The Morgan fingerprint density at radius 3 is 1.72 bits per heavy atom. The van der Waals surface area contributed by atoms with E-state index in [1.165, 1.54) is 36.8 Å². The van der Waals surface area contributed by atoms with E-state index in [1.54, 1.807) is 0 Å². The second-order valence-corrected chi connectivity index (χ2v) is 7.86. The summed E-state index contributed by atoms with van der Waals surface area (Å²) in [5.41, 5.74) is 2.51. The van der Waals surface area contributed by atoms with Gasteiger partial charge >= 0.3 is 0 Å². The predicted octanol–water partition coefficient (Wildman–Crippen LogP) is 5.20. The standard InChI is InChI=1S/C23H29NO/c1-17(2)24-20-13-14-21(24)16-22(15-20)25-23(18-9-5-3-6-10-18)19-11-7-4-8-12-19/h3-12,17,20-23H,13-16H2,1-2H3. The third kappa shape index (κ3) is 3.51. The normalized spacial score (nSPS) is 26.5. The molecule has 132 valence electrons. The average Bonchev–Trinajstić information content (AvgIpc) is 2.92. The summed E-state index contributed by atoms with van der Waals surface area (Å²) >= 11 is 0. The number of rotatable bonds is 5. The van der Waals surface area contributed by atoms with Crippen LogP contribution in [0.5, 0.6) is 0 Å². The summed E-state index contributed by atoms with van der Waals surface area (Å²) in [4.78, 5) is 2.74. The zero-order valence-corrected chi connectivity index (χ0v) is 15.3.